The lowest BCUT2D eigenvalue weighted by atomic mass is 10.2. The fraction of sp³-hybridized carbons (Fsp3) is 0.400. The Morgan fingerprint density at radius 1 is 1.39 bits per heavy atom. The van der Waals surface area contributed by atoms with E-state index in [1.165, 1.54) is 22.7 Å². The van der Waals surface area contributed by atoms with Crippen molar-refractivity contribution in [3.63, 3.8) is 0 Å². The predicted molar refractivity (Wildman–Crippen MR) is 89.9 cm³/mol. The summed E-state index contributed by atoms with van der Waals surface area (Å²) in [7, 11) is 0. The number of thiazole rings is 1. The third kappa shape index (κ3) is 4.37. The Morgan fingerprint density at radius 2 is 2.30 bits per heavy atom. The standard InChI is InChI=1S/C15H17N3O3S2/c19-13(17-15-16-5-8-23-15)10-18(9-11-3-1-6-21-11)14(20)12-4-2-7-22-12/h2,4-5,7-8,11H,1,3,6,9-10H2,(H,16,17,19). The highest BCUT2D eigenvalue weighted by Gasteiger charge is 2.25. The lowest BCUT2D eigenvalue weighted by Gasteiger charge is -2.24. The minimum atomic E-state index is -0.247. The second kappa shape index (κ2) is 7.67. The molecule has 0 aliphatic carbocycles. The summed E-state index contributed by atoms with van der Waals surface area (Å²) in [6.45, 7) is 1.15. The zero-order valence-electron chi connectivity index (χ0n) is 12.4. The number of aromatic nitrogens is 1. The van der Waals surface area contributed by atoms with Crippen LogP contribution in [0.3, 0.4) is 0 Å². The number of nitrogens with zero attached hydrogens (tertiary/aromatic N) is 2. The summed E-state index contributed by atoms with van der Waals surface area (Å²) in [5.41, 5.74) is 0. The van der Waals surface area contributed by atoms with Crippen LogP contribution in [0.2, 0.25) is 0 Å². The van der Waals surface area contributed by atoms with Gasteiger partial charge in [0.1, 0.15) is 6.54 Å². The van der Waals surface area contributed by atoms with Crippen molar-refractivity contribution in [2.45, 2.75) is 18.9 Å². The van der Waals surface area contributed by atoms with Crippen molar-refractivity contribution in [2.24, 2.45) is 0 Å². The molecule has 8 heteroatoms. The molecule has 3 rings (SSSR count). The molecule has 0 saturated carbocycles. The maximum Gasteiger partial charge on any atom is 0.264 e. The van der Waals surface area contributed by atoms with E-state index in [1.807, 2.05) is 11.4 Å². The Balaban J connectivity index is 1.66. The van der Waals surface area contributed by atoms with Gasteiger partial charge in [-0.15, -0.1) is 22.7 Å². The quantitative estimate of drug-likeness (QED) is 0.868. The van der Waals surface area contributed by atoms with E-state index in [4.69, 9.17) is 4.74 Å². The molecular weight excluding hydrogens is 334 g/mol. The van der Waals surface area contributed by atoms with Crippen LogP contribution < -0.4 is 5.32 Å². The van der Waals surface area contributed by atoms with Crippen LogP contribution >= 0.6 is 22.7 Å². The molecule has 3 heterocycles. The third-order valence-corrected chi connectivity index (χ3v) is 5.03. The number of ether oxygens (including phenoxy) is 1. The average Bonchev–Trinajstić information content (AvgIpc) is 3.29. The van der Waals surface area contributed by atoms with Gasteiger partial charge in [0.05, 0.1) is 11.0 Å². The van der Waals surface area contributed by atoms with Crippen molar-refractivity contribution < 1.29 is 14.3 Å². The van der Waals surface area contributed by atoms with Crippen molar-refractivity contribution in [1.82, 2.24) is 9.88 Å². The highest BCUT2D eigenvalue weighted by molar-refractivity contribution is 7.13. The minimum absolute atomic E-state index is 0.00380. The largest absolute Gasteiger partial charge is 0.376 e. The first-order valence-corrected chi connectivity index (χ1v) is 9.12. The molecule has 1 aliphatic heterocycles. The molecule has 0 aromatic carbocycles. The number of thiophene rings is 1. The van der Waals surface area contributed by atoms with Crippen LogP contribution in [0, 0.1) is 0 Å². The Labute approximate surface area is 142 Å². The van der Waals surface area contributed by atoms with Crippen molar-refractivity contribution in [2.75, 3.05) is 25.0 Å². The lowest BCUT2D eigenvalue weighted by molar-refractivity contribution is -0.117. The highest BCUT2D eigenvalue weighted by Crippen LogP contribution is 2.17. The van der Waals surface area contributed by atoms with Gasteiger partial charge in [-0.2, -0.15) is 0 Å². The summed E-state index contributed by atoms with van der Waals surface area (Å²) in [6.07, 6.45) is 3.55. The normalized spacial score (nSPS) is 17.1. The second-order valence-electron chi connectivity index (χ2n) is 5.18. The number of carbonyl (C=O) groups excluding carboxylic acids is 2. The molecule has 6 nitrogen and oxygen atoms in total. The van der Waals surface area contributed by atoms with Crippen molar-refractivity contribution in [1.29, 1.82) is 0 Å². The molecule has 1 unspecified atom stereocenters. The summed E-state index contributed by atoms with van der Waals surface area (Å²) in [5, 5.41) is 6.89. The first kappa shape index (κ1) is 16.1. The molecule has 0 bridgehead atoms. The van der Waals surface area contributed by atoms with Crippen LogP contribution in [0.5, 0.6) is 0 Å². The summed E-state index contributed by atoms with van der Waals surface area (Å²) in [4.78, 5) is 31.0. The van der Waals surface area contributed by atoms with E-state index < -0.39 is 0 Å². The van der Waals surface area contributed by atoms with Gasteiger partial charge in [0.15, 0.2) is 5.13 Å². The topological polar surface area (TPSA) is 71.5 Å². The van der Waals surface area contributed by atoms with Crippen LogP contribution in [0.15, 0.2) is 29.1 Å². The van der Waals surface area contributed by atoms with Crippen LogP contribution in [0.25, 0.3) is 0 Å². The van der Waals surface area contributed by atoms with E-state index in [-0.39, 0.29) is 24.5 Å². The molecule has 1 saturated heterocycles. The molecule has 1 fully saturated rings. The van der Waals surface area contributed by atoms with E-state index in [0.717, 1.165) is 19.4 Å². The molecule has 0 spiro atoms. The number of carbonyl (C=O) groups is 2. The third-order valence-electron chi connectivity index (χ3n) is 3.48. The Kier molecular flexibility index (Phi) is 5.37. The van der Waals surface area contributed by atoms with Gasteiger partial charge in [0, 0.05) is 24.7 Å². The Bertz CT molecular complexity index is 637. The van der Waals surface area contributed by atoms with E-state index >= 15 is 0 Å². The van der Waals surface area contributed by atoms with Crippen LogP contribution in [0.1, 0.15) is 22.5 Å². The van der Waals surface area contributed by atoms with E-state index in [0.29, 0.717) is 16.6 Å². The molecular formula is C15H17N3O3S2. The van der Waals surface area contributed by atoms with Crippen molar-refractivity contribution in [3.8, 4) is 0 Å². The highest BCUT2D eigenvalue weighted by atomic mass is 32.1. The number of rotatable bonds is 6. The minimum Gasteiger partial charge on any atom is -0.376 e. The molecule has 23 heavy (non-hydrogen) atoms. The predicted octanol–water partition coefficient (Wildman–Crippen LogP) is 2.46. The number of anilines is 1. The zero-order chi connectivity index (χ0) is 16.1. The Hall–Kier alpha value is -1.77. The SMILES string of the molecule is O=C(CN(CC1CCCO1)C(=O)c1cccs1)Nc1nccs1. The van der Waals surface area contributed by atoms with Crippen LogP contribution in [0.4, 0.5) is 5.13 Å². The zero-order valence-corrected chi connectivity index (χ0v) is 14.1. The van der Waals surface area contributed by atoms with Gasteiger partial charge in [-0.3, -0.25) is 9.59 Å². The Morgan fingerprint density at radius 3 is 2.96 bits per heavy atom. The molecule has 2 aromatic rings. The number of nitrogens with one attached hydrogen (secondary N) is 1. The summed E-state index contributed by atoms with van der Waals surface area (Å²) in [6, 6.07) is 3.60. The van der Waals surface area contributed by atoms with Crippen LogP contribution in [-0.2, 0) is 9.53 Å². The summed E-state index contributed by atoms with van der Waals surface area (Å²) < 4.78 is 5.61. The van der Waals surface area contributed by atoms with E-state index in [9.17, 15) is 9.59 Å². The van der Waals surface area contributed by atoms with Crippen molar-refractivity contribution in [3.05, 3.63) is 34.0 Å². The fourth-order valence-corrected chi connectivity index (χ4v) is 3.66. The second-order valence-corrected chi connectivity index (χ2v) is 7.03. The van der Waals surface area contributed by atoms with Gasteiger partial charge in [0.2, 0.25) is 5.91 Å². The molecule has 2 aromatic heterocycles. The first-order chi connectivity index (χ1) is 11.2. The number of hydrogen-bond donors (Lipinski definition) is 1. The van der Waals surface area contributed by atoms with Crippen molar-refractivity contribution >= 4 is 39.6 Å². The smallest absolute Gasteiger partial charge is 0.264 e. The van der Waals surface area contributed by atoms with Crippen LogP contribution in [-0.4, -0.2) is 47.5 Å². The lowest BCUT2D eigenvalue weighted by Crippen LogP contribution is -2.42. The molecule has 0 radical (unpaired) electrons. The first-order valence-electron chi connectivity index (χ1n) is 7.36. The van der Waals surface area contributed by atoms with E-state index in [2.05, 4.69) is 10.3 Å². The van der Waals surface area contributed by atoms with Gasteiger partial charge in [-0.1, -0.05) is 6.07 Å². The van der Waals surface area contributed by atoms with E-state index in [1.54, 1.807) is 22.5 Å². The van der Waals surface area contributed by atoms with Gasteiger partial charge < -0.3 is 15.0 Å². The summed E-state index contributed by atoms with van der Waals surface area (Å²) >= 11 is 2.72. The molecule has 122 valence electrons. The maximum atomic E-state index is 12.6. The molecule has 1 atom stereocenters. The van der Waals surface area contributed by atoms with Gasteiger partial charge in [-0.25, -0.2) is 4.98 Å². The monoisotopic (exact) mass is 351 g/mol. The summed E-state index contributed by atoms with van der Waals surface area (Å²) in [5.74, 6) is -0.382. The number of hydrogen-bond acceptors (Lipinski definition) is 6. The number of amides is 2. The molecule has 1 aliphatic rings. The molecule has 2 amide bonds. The van der Waals surface area contributed by atoms with Gasteiger partial charge in [0.25, 0.3) is 5.91 Å². The molecule has 1 N–H and O–H groups in total. The maximum absolute atomic E-state index is 12.6. The van der Waals surface area contributed by atoms with Gasteiger partial charge >= 0.3 is 0 Å². The fourth-order valence-electron chi connectivity index (χ4n) is 2.43. The van der Waals surface area contributed by atoms with Gasteiger partial charge in [-0.05, 0) is 24.3 Å². The average molecular weight is 351 g/mol.